The number of hydrogen-bond acceptors (Lipinski definition) is 5. The minimum absolute atomic E-state index is 0.207. The quantitative estimate of drug-likeness (QED) is 0.919. The monoisotopic (exact) mass is 322 g/mol. The van der Waals surface area contributed by atoms with E-state index in [-0.39, 0.29) is 6.04 Å². The number of rotatable bonds is 2. The fourth-order valence-corrected chi connectivity index (χ4v) is 2.59. The van der Waals surface area contributed by atoms with Crippen molar-refractivity contribution in [2.75, 3.05) is 18.0 Å². The lowest BCUT2D eigenvalue weighted by Crippen LogP contribution is -2.43. The van der Waals surface area contributed by atoms with E-state index in [0.717, 1.165) is 43.3 Å². The van der Waals surface area contributed by atoms with E-state index in [4.69, 9.17) is 10.2 Å². The zero-order valence-electron chi connectivity index (χ0n) is 10.4. The van der Waals surface area contributed by atoms with Gasteiger partial charge in [-0.1, -0.05) is 0 Å². The maximum Gasteiger partial charge on any atom is 0.226 e. The third-order valence-electron chi connectivity index (χ3n) is 3.21. The van der Waals surface area contributed by atoms with Crippen LogP contribution in [0.3, 0.4) is 0 Å². The largest absolute Gasteiger partial charge is 0.448 e. The lowest BCUT2D eigenvalue weighted by atomic mass is 10.1. The second kappa shape index (κ2) is 5.30. The summed E-state index contributed by atoms with van der Waals surface area (Å²) in [5.41, 5.74) is 6.78. The molecule has 1 aliphatic rings. The molecule has 1 unspecified atom stereocenters. The SMILES string of the molecule is NC1CCCN(c2nccc(-c3ccc(Br)o3)n2)C1. The van der Waals surface area contributed by atoms with Crippen molar-refractivity contribution in [1.82, 2.24) is 9.97 Å². The second-order valence-electron chi connectivity index (χ2n) is 4.69. The Morgan fingerprint density at radius 2 is 2.26 bits per heavy atom. The molecule has 1 atom stereocenters. The van der Waals surface area contributed by atoms with Crippen molar-refractivity contribution in [1.29, 1.82) is 0 Å². The second-order valence-corrected chi connectivity index (χ2v) is 5.48. The van der Waals surface area contributed by atoms with Gasteiger partial charge in [0.2, 0.25) is 5.95 Å². The number of nitrogens with two attached hydrogens (primary N) is 1. The first-order valence-electron chi connectivity index (χ1n) is 6.31. The fourth-order valence-electron chi connectivity index (χ4n) is 2.28. The number of anilines is 1. The molecule has 0 aromatic carbocycles. The summed E-state index contributed by atoms with van der Waals surface area (Å²) in [7, 11) is 0. The number of hydrogen-bond donors (Lipinski definition) is 1. The van der Waals surface area contributed by atoms with Gasteiger partial charge in [0.15, 0.2) is 10.4 Å². The van der Waals surface area contributed by atoms with Crippen molar-refractivity contribution in [2.45, 2.75) is 18.9 Å². The van der Waals surface area contributed by atoms with Crippen molar-refractivity contribution in [3.63, 3.8) is 0 Å². The molecular formula is C13H15BrN4O. The summed E-state index contributed by atoms with van der Waals surface area (Å²) >= 11 is 3.30. The van der Waals surface area contributed by atoms with Gasteiger partial charge in [0.05, 0.1) is 0 Å². The Bertz CT molecular complexity index is 571. The molecule has 0 radical (unpaired) electrons. The third-order valence-corrected chi connectivity index (χ3v) is 3.64. The van der Waals surface area contributed by atoms with Gasteiger partial charge in [-0.25, -0.2) is 9.97 Å². The molecule has 3 heterocycles. The zero-order valence-corrected chi connectivity index (χ0v) is 12.0. The number of halogens is 1. The summed E-state index contributed by atoms with van der Waals surface area (Å²) in [5.74, 6) is 1.46. The molecule has 6 heteroatoms. The highest BCUT2D eigenvalue weighted by molar-refractivity contribution is 9.10. The van der Waals surface area contributed by atoms with Crippen LogP contribution in [-0.4, -0.2) is 29.1 Å². The molecular weight excluding hydrogens is 308 g/mol. The molecule has 2 N–H and O–H groups in total. The predicted molar refractivity (Wildman–Crippen MR) is 76.9 cm³/mol. The number of piperidine rings is 1. The van der Waals surface area contributed by atoms with E-state index < -0.39 is 0 Å². The summed E-state index contributed by atoms with van der Waals surface area (Å²) in [6.45, 7) is 1.77. The van der Waals surface area contributed by atoms with Gasteiger partial charge in [-0.05, 0) is 47.0 Å². The summed E-state index contributed by atoms with van der Waals surface area (Å²) < 4.78 is 6.21. The molecule has 0 spiro atoms. The summed E-state index contributed by atoms with van der Waals surface area (Å²) in [6.07, 6.45) is 3.91. The van der Waals surface area contributed by atoms with Gasteiger partial charge in [0.25, 0.3) is 0 Å². The smallest absolute Gasteiger partial charge is 0.226 e. The van der Waals surface area contributed by atoms with E-state index in [2.05, 4.69) is 30.8 Å². The zero-order chi connectivity index (χ0) is 13.2. The van der Waals surface area contributed by atoms with Crippen molar-refractivity contribution >= 4 is 21.9 Å². The highest BCUT2D eigenvalue weighted by atomic mass is 79.9. The summed E-state index contributed by atoms with van der Waals surface area (Å²) in [5, 5.41) is 0. The number of furan rings is 1. The highest BCUT2D eigenvalue weighted by Gasteiger charge is 2.19. The molecule has 1 saturated heterocycles. The topological polar surface area (TPSA) is 68.2 Å². The van der Waals surface area contributed by atoms with Crippen LogP contribution in [0.2, 0.25) is 0 Å². The molecule has 3 rings (SSSR count). The van der Waals surface area contributed by atoms with Gasteiger partial charge >= 0.3 is 0 Å². The van der Waals surface area contributed by atoms with Crippen molar-refractivity contribution in [3.05, 3.63) is 29.1 Å². The van der Waals surface area contributed by atoms with Gasteiger partial charge < -0.3 is 15.1 Å². The molecule has 19 heavy (non-hydrogen) atoms. The lowest BCUT2D eigenvalue weighted by Gasteiger charge is -2.30. The Labute approximate surface area is 120 Å². The van der Waals surface area contributed by atoms with Gasteiger partial charge in [-0.15, -0.1) is 0 Å². The molecule has 1 aliphatic heterocycles. The van der Waals surface area contributed by atoms with Crippen LogP contribution in [0.5, 0.6) is 0 Å². The maximum absolute atomic E-state index is 5.99. The van der Waals surface area contributed by atoms with E-state index in [1.54, 1.807) is 6.20 Å². The molecule has 100 valence electrons. The first-order chi connectivity index (χ1) is 9.22. The normalized spacial score (nSPS) is 19.7. The molecule has 0 amide bonds. The van der Waals surface area contributed by atoms with Crippen molar-refractivity contribution in [2.24, 2.45) is 5.73 Å². The van der Waals surface area contributed by atoms with Crippen LogP contribution in [0.4, 0.5) is 5.95 Å². The third kappa shape index (κ3) is 2.79. The van der Waals surface area contributed by atoms with Gasteiger partial charge in [0, 0.05) is 25.3 Å². The van der Waals surface area contributed by atoms with E-state index in [9.17, 15) is 0 Å². The lowest BCUT2D eigenvalue weighted by molar-refractivity contribution is 0.499. The van der Waals surface area contributed by atoms with E-state index in [0.29, 0.717) is 4.67 Å². The standard InChI is InChI=1S/C13H15BrN4O/c14-12-4-3-11(19-12)10-5-6-16-13(17-10)18-7-1-2-9(15)8-18/h3-6,9H,1-2,7-8,15H2. The molecule has 0 bridgehead atoms. The van der Waals surface area contributed by atoms with Crippen LogP contribution in [0.15, 0.2) is 33.5 Å². The van der Waals surface area contributed by atoms with Crippen LogP contribution in [0.1, 0.15) is 12.8 Å². The Morgan fingerprint density at radius 3 is 3.00 bits per heavy atom. The first-order valence-corrected chi connectivity index (χ1v) is 7.11. The highest BCUT2D eigenvalue weighted by Crippen LogP contribution is 2.25. The predicted octanol–water partition coefficient (Wildman–Crippen LogP) is 2.43. The molecule has 2 aromatic heterocycles. The molecule has 0 saturated carbocycles. The number of nitrogens with zero attached hydrogens (tertiary/aromatic N) is 3. The van der Waals surface area contributed by atoms with Gasteiger partial charge in [-0.3, -0.25) is 0 Å². The Balaban J connectivity index is 1.87. The van der Waals surface area contributed by atoms with Crippen LogP contribution >= 0.6 is 15.9 Å². The average Bonchev–Trinajstić information content (AvgIpc) is 2.86. The van der Waals surface area contributed by atoms with Crippen LogP contribution in [0, 0.1) is 0 Å². The molecule has 5 nitrogen and oxygen atoms in total. The Morgan fingerprint density at radius 1 is 1.37 bits per heavy atom. The Kier molecular flexibility index (Phi) is 3.52. The first kappa shape index (κ1) is 12.6. The fraction of sp³-hybridized carbons (Fsp3) is 0.385. The molecule has 0 aliphatic carbocycles. The van der Waals surface area contributed by atoms with Crippen molar-refractivity contribution < 1.29 is 4.42 Å². The van der Waals surface area contributed by atoms with Crippen molar-refractivity contribution in [3.8, 4) is 11.5 Å². The number of aromatic nitrogens is 2. The van der Waals surface area contributed by atoms with Gasteiger partial charge in [-0.2, -0.15) is 0 Å². The maximum atomic E-state index is 5.99. The summed E-state index contributed by atoms with van der Waals surface area (Å²) in [6, 6.07) is 5.80. The minimum Gasteiger partial charge on any atom is -0.448 e. The van der Waals surface area contributed by atoms with Crippen LogP contribution < -0.4 is 10.6 Å². The van der Waals surface area contributed by atoms with Gasteiger partial charge in [0.1, 0.15) is 5.69 Å². The summed E-state index contributed by atoms with van der Waals surface area (Å²) in [4.78, 5) is 11.0. The van der Waals surface area contributed by atoms with E-state index in [1.807, 2.05) is 18.2 Å². The van der Waals surface area contributed by atoms with Crippen LogP contribution in [-0.2, 0) is 0 Å². The Hall–Kier alpha value is -1.40. The van der Waals surface area contributed by atoms with E-state index >= 15 is 0 Å². The van der Waals surface area contributed by atoms with Crippen LogP contribution in [0.25, 0.3) is 11.5 Å². The minimum atomic E-state index is 0.207. The molecule has 2 aromatic rings. The van der Waals surface area contributed by atoms with E-state index in [1.165, 1.54) is 0 Å². The average molecular weight is 323 g/mol. The molecule has 1 fully saturated rings.